The fourth-order valence-electron chi connectivity index (χ4n) is 6.32. The van der Waals surface area contributed by atoms with Gasteiger partial charge in [-0.25, -0.2) is 0 Å². The third kappa shape index (κ3) is 2.04. The second-order valence-electron chi connectivity index (χ2n) is 8.93. The predicted molar refractivity (Wildman–Crippen MR) is 136 cm³/mol. The summed E-state index contributed by atoms with van der Waals surface area (Å²) in [4.78, 5) is 0. The minimum Gasteiger partial charge on any atom is -0.0836 e. The molecule has 1 atom stereocenters. The number of rotatable bonds is 1. The van der Waals surface area contributed by atoms with Crippen LogP contribution in [0.4, 0.5) is 0 Å². The summed E-state index contributed by atoms with van der Waals surface area (Å²) in [5.41, 5.74) is 14.8. The molecule has 2 aliphatic rings. The molecule has 0 fully saturated rings. The van der Waals surface area contributed by atoms with E-state index >= 15 is 0 Å². The van der Waals surface area contributed by atoms with E-state index in [4.69, 9.17) is 0 Å². The van der Waals surface area contributed by atoms with Crippen molar-refractivity contribution in [1.29, 1.82) is 0 Å². The quantitative estimate of drug-likeness (QED) is 0.297. The normalized spacial score (nSPS) is 17.0. The first-order chi connectivity index (χ1) is 15.8. The molecule has 0 saturated carbocycles. The van der Waals surface area contributed by atoms with E-state index in [9.17, 15) is 0 Å². The molecule has 0 heterocycles. The van der Waals surface area contributed by atoms with Crippen LogP contribution in [0.5, 0.6) is 0 Å². The number of hydrogen-bond acceptors (Lipinski definition) is 0. The van der Waals surface area contributed by atoms with Gasteiger partial charge >= 0.3 is 0 Å². The third-order valence-electron chi connectivity index (χ3n) is 7.42. The zero-order valence-electron chi connectivity index (χ0n) is 18.0. The summed E-state index contributed by atoms with van der Waals surface area (Å²) in [7, 11) is 2.27. The van der Waals surface area contributed by atoms with Crippen LogP contribution in [0.15, 0.2) is 115 Å². The summed E-state index contributed by atoms with van der Waals surface area (Å²) in [5.74, 6) is 0. The summed E-state index contributed by atoms with van der Waals surface area (Å²) >= 11 is 0. The molecule has 0 bridgehead atoms. The van der Waals surface area contributed by atoms with E-state index < -0.39 is 0 Å². The van der Waals surface area contributed by atoms with Crippen LogP contribution in [-0.2, 0) is 5.41 Å². The Morgan fingerprint density at radius 2 is 1.00 bits per heavy atom. The maximum atomic E-state index is 2.36. The van der Waals surface area contributed by atoms with Gasteiger partial charge in [0.25, 0.3) is 0 Å². The van der Waals surface area contributed by atoms with E-state index in [0.717, 1.165) is 0 Å². The standard InChI is InChI=1S/C31H21B/c32-28-19-9-15-23-22-12-4-6-16-25(22)31(30(23)28)26-17-7-5-13-24(26)29-21(14-8-18-27(29)31)20-10-2-1-3-11-20/h1-19H,32H2. The fourth-order valence-corrected chi connectivity index (χ4v) is 6.32. The summed E-state index contributed by atoms with van der Waals surface area (Å²) in [6.07, 6.45) is 0. The molecular formula is C31H21B. The first-order valence-electron chi connectivity index (χ1n) is 11.3. The zero-order valence-corrected chi connectivity index (χ0v) is 18.0. The van der Waals surface area contributed by atoms with E-state index in [0.29, 0.717) is 0 Å². The summed E-state index contributed by atoms with van der Waals surface area (Å²) in [5, 5.41) is 0. The van der Waals surface area contributed by atoms with Gasteiger partial charge in [-0.1, -0.05) is 121 Å². The van der Waals surface area contributed by atoms with Gasteiger partial charge in [-0.2, -0.15) is 0 Å². The first kappa shape index (κ1) is 17.8. The molecule has 148 valence electrons. The Kier molecular flexibility index (Phi) is 3.53. The van der Waals surface area contributed by atoms with Crippen LogP contribution in [0.25, 0.3) is 33.4 Å². The summed E-state index contributed by atoms with van der Waals surface area (Å²) in [6.45, 7) is 0. The average Bonchev–Trinajstić information content (AvgIpc) is 3.33. The van der Waals surface area contributed by atoms with Crippen molar-refractivity contribution in [3.05, 3.63) is 138 Å². The molecule has 1 spiro atoms. The molecule has 0 amide bonds. The molecule has 0 aromatic heterocycles. The molecular weight excluding hydrogens is 383 g/mol. The van der Waals surface area contributed by atoms with Crippen molar-refractivity contribution in [3.63, 3.8) is 0 Å². The van der Waals surface area contributed by atoms with Crippen LogP contribution in [0.2, 0.25) is 0 Å². The van der Waals surface area contributed by atoms with Gasteiger partial charge in [0.15, 0.2) is 0 Å². The Bertz CT molecular complexity index is 1530. The minimum atomic E-state index is -0.270. The molecule has 0 radical (unpaired) electrons. The number of fused-ring (bicyclic) bond motifs is 10. The highest BCUT2D eigenvalue weighted by Crippen LogP contribution is 2.63. The second-order valence-corrected chi connectivity index (χ2v) is 8.93. The highest BCUT2D eigenvalue weighted by molar-refractivity contribution is 6.34. The van der Waals surface area contributed by atoms with E-state index in [1.54, 1.807) is 0 Å². The van der Waals surface area contributed by atoms with Crippen LogP contribution in [0.3, 0.4) is 0 Å². The van der Waals surface area contributed by atoms with Crippen molar-refractivity contribution in [3.8, 4) is 33.4 Å². The van der Waals surface area contributed by atoms with E-state index in [1.807, 2.05) is 0 Å². The second kappa shape index (κ2) is 6.34. The van der Waals surface area contributed by atoms with Crippen LogP contribution >= 0.6 is 0 Å². The summed E-state index contributed by atoms with van der Waals surface area (Å²) < 4.78 is 0. The monoisotopic (exact) mass is 404 g/mol. The maximum Gasteiger partial charge on any atom is 0.139 e. The van der Waals surface area contributed by atoms with Crippen LogP contribution in [0.1, 0.15) is 22.3 Å². The minimum absolute atomic E-state index is 0.270. The molecule has 0 N–H and O–H groups in total. The van der Waals surface area contributed by atoms with Gasteiger partial charge < -0.3 is 0 Å². The molecule has 7 rings (SSSR count). The van der Waals surface area contributed by atoms with Gasteiger partial charge in [-0.3, -0.25) is 0 Å². The van der Waals surface area contributed by atoms with Crippen molar-refractivity contribution < 1.29 is 0 Å². The fraction of sp³-hybridized carbons (Fsp3) is 0.0323. The molecule has 1 heteroatoms. The zero-order chi connectivity index (χ0) is 21.3. The lowest BCUT2D eigenvalue weighted by Crippen LogP contribution is -2.31. The van der Waals surface area contributed by atoms with Crippen molar-refractivity contribution in [1.82, 2.24) is 0 Å². The molecule has 0 saturated heterocycles. The topological polar surface area (TPSA) is 0 Å². The maximum absolute atomic E-state index is 2.36. The number of benzene rings is 5. The van der Waals surface area contributed by atoms with E-state index in [-0.39, 0.29) is 5.41 Å². The Morgan fingerprint density at radius 3 is 1.81 bits per heavy atom. The Morgan fingerprint density at radius 1 is 0.438 bits per heavy atom. The van der Waals surface area contributed by atoms with Gasteiger partial charge in [0.2, 0.25) is 0 Å². The number of hydrogen-bond donors (Lipinski definition) is 0. The van der Waals surface area contributed by atoms with Crippen molar-refractivity contribution in [2.45, 2.75) is 5.41 Å². The van der Waals surface area contributed by atoms with Gasteiger partial charge in [-0.15, -0.1) is 0 Å². The molecule has 1 unspecified atom stereocenters. The van der Waals surface area contributed by atoms with E-state index in [1.165, 1.54) is 61.1 Å². The van der Waals surface area contributed by atoms with Crippen LogP contribution in [0, 0.1) is 0 Å². The highest BCUT2D eigenvalue weighted by atomic mass is 14.5. The van der Waals surface area contributed by atoms with Crippen LogP contribution < -0.4 is 5.46 Å². The van der Waals surface area contributed by atoms with Crippen molar-refractivity contribution in [2.24, 2.45) is 0 Å². The Hall–Kier alpha value is -3.84. The Balaban J connectivity index is 1.70. The molecule has 2 aliphatic carbocycles. The largest absolute Gasteiger partial charge is 0.139 e. The third-order valence-corrected chi connectivity index (χ3v) is 7.42. The summed E-state index contributed by atoms with van der Waals surface area (Å²) in [6, 6.07) is 42.5. The molecule has 5 aromatic rings. The SMILES string of the molecule is Bc1cccc2c1C1(c3ccccc3-2)c2ccccc2-c2c(-c3ccccc3)cccc21. The molecule has 32 heavy (non-hydrogen) atoms. The predicted octanol–water partition coefficient (Wildman–Crippen LogP) is 5.96. The average molecular weight is 404 g/mol. The van der Waals surface area contributed by atoms with Crippen molar-refractivity contribution in [2.75, 3.05) is 0 Å². The van der Waals surface area contributed by atoms with E-state index in [2.05, 4.69) is 123 Å². The molecule has 5 aromatic carbocycles. The lowest BCUT2D eigenvalue weighted by atomic mass is 9.67. The van der Waals surface area contributed by atoms with Gasteiger partial charge in [0.1, 0.15) is 7.85 Å². The van der Waals surface area contributed by atoms with Crippen molar-refractivity contribution >= 4 is 13.3 Å². The van der Waals surface area contributed by atoms with Gasteiger partial charge in [0, 0.05) is 0 Å². The first-order valence-corrected chi connectivity index (χ1v) is 11.3. The smallest absolute Gasteiger partial charge is 0.0836 e. The lowest BCUT2D eigenvalue weighted by Gasteiger charge is -2.32. The molecule has 0 nitrogen and oxygen atoms in total. The van der Waals surface area contributed by atoms with Crippen LogP contribution in [-0.4, -0.2) is 7.85 Å². The lowest BCUT2D eigenvalue weighted by molar-refractivity contribution is 0.799. The van der Waals surface area contributed by atoms with Gasteiger partial charge in [-0.05, 0) is 55.6 Å². The van der Waals surface area contributed by atoms with Gasteiger partial charge in [0.05, 0.1) is 5.41 Å². The highest BCUT2D eigenvalue weighted by Gasteiger charge is 2.52. The molecule has 0 aliphatic heterocycles. The Labute approximate surface area is 189 Å².